The Kier molecular flexibility index (Phi) is 4.39. The molecule has 8 nitrogen and oxygen atoms in total. The molecule has 3 aromatic heterocycles. The smallest absolute Gasteiger partial charge is 0.339 e. The maximum Gasteiger partial charge on any atom is 0.339 e. The molecular formula is C19H19N3O5. The average molecular weight is 369 g/mol. The van der Waals surface area contributed by atoms with Crippen molar-refractivity contribution in [1.29, 1.82) is 0 Å². The Morgan fingerprint density at radius 1 is 1.41 bits per heavy atom. The van der Waals surface area contributed by atoms with Crippen molar-refractivity contribution in [1.82, 2.24) is 15.5 Å². The van der Waals surface area contributed by atoms with Crippen molar-refractivity contribution in [3.63, 3.8) is 0 Å². The van der Waals surface area contributed by atoms with Crippen LogP contribution in [0.15, 0.2) is 33.4 Å². The molecule has 27 heavy (non-hydrogen) atoms. The first kappa shape index (κ1) is 17.3. The highest BCUT2D eigenvalue weighted by molar-refractivity contribution is 6.04. The Hall–Kier alpha value is -3.16. The summed E-state index contributed by atoms with van der Waals surface area (Å²) in [4.78, 5) is 29.0. The van der Waals surface area contributed by atoms with Crippen LogP contribution in [0, 0.1) is 12.8 Å². The molecule has 1 unspecified atom stereocenters. The second-order valence-corrected chi connectivity index (χ2v) is 6.75. The SMILES string of the molecule is Cc1noc2nc(-c3ccco3)cc(C(=O)OCC(=O)NC(C)C3CC3)c12. The lowest BCUT2D eigenvalue weighted by molar-refractivity contribution is -0.124. The van der Waals surface area contributed by atoms with E-state index in [1.54, 1.807) is 25.1 Å². The molecule has 0 saturated heterocycles. The average Bonchev–Trinajstić information content (AvgIpc) is 3.24. The lowest BCUT2D eigenvalue weighted by Crippen LogP contribution is -2.37. The molecule has 1 aliphatic rings. The van der Waals surface area contributed by atoms with Gasteiger partial charge in [-0.05, 0) is 50.8 Å². The van der Waals surface area contributed by atoms with Gasteiger partial charge in [0.2, 0.25) is 0 Å². The normalized spacial score (nSPS) is 14.9. The van der Waals surface area contributed by atoms with Crippen LogP contribution in [0.1, 0.15) is 35.8 Å². The summed E-state index contributed by atoms with van der Waals surface area (Å²) in [5, 5.41) is 7.18. The number of esters is 1. The number of hydrogen-bond acceptors (Lipinski definition) is 7. The van der Waals surface area contributed by atoms with Gasteiger partial charge < -0.3 is 19.0 Å². The Labute approximate surface area is 154 Å². The Morgan fingerprint density at radius 2 is 2.22 bits per heavy atom. The summed E-state index contributed by atoms with van der Waals surface area (Å²) < 4.78 is 15.8. The molecule has 1 aliphatic carbocycles. The monoisotopic (exact) mass is 369 g/mol. The number of fused-ring (bicyclic) bond motifs is 1. The number of pyridine rings is 1. The van der Waals surface area contributed by atoms with Crippen molar-refractivity contribution in [3.05, 3.63) is 35.7 Å². The summed E-state index contributed by atoms with van der Waals surface area (Å²) in [6.45, 7) is 3.32. The van der Waals surface area contributed by atoms with Gasteiger partial charge in [-0.15, -0.1) is 0 Å². The van der Waals surface area contributed by atoms with Crippen molar-refractivity contribution < 1.29 is 23.3 Å². The highest BCUT2D eigenvalue weighted by Gasteiger charge is 2.29. The Balaban J connectivity index is 1.55. The number of carbonyl (C=O) groups is 2. The fourth-order valence-electron chi connectivity index (χ4n) is 3.02. The number of ether oxygens (including phenoxy) is 1. The van der Waals surface area contributed by atoms with Crippen LogP contribution in [0.2, 0.25) is 0 Å². The van der Waals surface area contributed by atoms with Crippen molar-refractivity contribution in [3.8, 4) is 11.5 Å². The molecular weight excluding hydrogens is 350 g/mol. The van der Waals surface area contributed by atoms with E-state index in [0.717, 1.165) is 12.8 Å². The largest absolute Gasteiger partial charge is 0.463 e. The van der Waals surface area contributed by atoms with E-state index in [2.05, 4.69) is 15.5 Å². The lowest BCUT2D eigenvalue weighted by atomic mass is 10.1. The van der Waals surface area contributed by atoms with E-state index < -0.39 is 5.97 Å². The van der Waals surface area contributed by atoms with Gasteiger partial charge in [0.25, 0.3) is 11.6 Å². The predicted molar refractivity (Wildman–Crippen MR) is 94.9 cm³/mol. The van der Waals surface area contributed by atoms with Crippen molar-refractivity contribution in [2.75, 3.05) is 6.61 Å². The van der Waals surface area contributed by atoms with Gasteiger partial charge in [-0.25, -0.2) is 9.78 Å². The Morgan fingerprint density at radius 3 is 2.93 bits per heavy atom. The van der Waals surface area contributed by atoms with Crippen molar-refractivity contribution in [2.24, 2.45) is 5.92 Å². The van der Waals surface area contributed by atoms with E-state index in [1.165, 1.54) is 6.26 Å². The minimum absolute atomic E-state index is 0.0923. The molecule has 0 bridgehead atoms. The highest BCUT2D eigenvalue weighted by atomic mass is 16.5. The topological polar surface area (TPSA) is 107 Å². The van der Waals surface area contributed by atoms with Crippen LogP contribution in [0.3, 0.4) is 0 Å². The van der Waals surface area contributed by atoms with Gasteiger partial charge in [0.1, 0.15) is 5.69 Å². The first-order valence-corrected chi connectivity index (χ1v) is 8.80. The molecule has 3 aromatic rings. The third kappa shape index (κ3) is 3.55. The van der Waals surface area contributed by atoms with Crippen LogP contribution in [-0.4, -0.2) is 34.7 Å². The maximum atomic E-state index is 12.6. The first-order chi connectivity index (χ1) is 13.0. The quantitative estimate of drug-likeness (QED) is 0.666. The molecule has 1 N–H and O–H groups in total. The number of aromatic nitrogens is 2. The van der Waals surface area contributed by atoms with Crippen LogP contribution in [0.5, 0.6) is 0 Å². The van der Waals surface area contributed by atoms with Crippen LogP contribution in [0.25, 0.3) is 22.6 Å². The van der Waals surface area contributed by atoms with Crippen molar-refractivity contribution >= 4 is 23.0 Å². The standard InChI is InChI=1S/C19H19N3O5/c1-10(12-5-6-12)20-16(23)9-26-19(24)13-8-14(15-4-3-7-25-15)21-18-17(13)11(2)22-27-18/h3-4,7-8,10,12H,5-6,9H2,1-2H3,(H,20,23). The molecule has 0 radical (unpaired) electrons. The molecule has 140 valence electrons. The van der Waals surface area contributed by atoms with Crippen LogP contribution in [0.4, 0.5) is 0 Å². The molecule has 0 spiro atoms. The van der Waals surface area contributed by atoms with Gasteiger partial charge in [-0.3, -0.25) is 4.79 Å². The summed E-state index contributed by atoms with van der Waals surface area (Å²) >= 11 is 0. The second kappa shape index (κ2) is 6.86. The first-order valence-electron chi connectivity index (χ1n) is 8.80. The summed E-state index contributed by atoms with van der Waals surface area (Å²) in [5.74, 6) is 0.0491. The summed E-state index contributed by atoms with van der Waals surface area (Å²) in [6, 6.07) is 5.09. The summed E-state index contributed by atoms with van der Waals surface area (Å²) in [6.07, 6.45) is 3.76. The van der Waals surface area contributed by atoms with Crippen molar-refractivity contribution in [2.45, 2.75) is 32.7 Å². The number of nitrogens with zero attached hydrogens (tertiary/aromatic N) is 2. The van der Waals surface area contributed by atoms with Crippen LogP contribution >= 0.6 is 0 Å². The van der Waals surface area contributed by atoms with E-state index in [1.807, 2.05) is 6.92 Å². The van der Waals surface area contributed by atoms with E-state index in [9.17, 15) is 9.59 Å². The number of aryl methyl sites for hydroxylation is 1. The minimum Gasteiger partial charge on any atom is -0.463 e. The maximum absolute atomic E-state index is 12.6. The fourth-order valence-corrected chi connectivity index (χ4v) is 3.02. The van der Waals surface area contributed by atoms with E-state index in [4.69, 9.17) is 13.7 Å². The number of amides is 1. The van der Waals surface area contributed by atoms with Gasteiger partial charge in [0.05, 0.1) is 22.9 Å². The fraction of sp³-hybridized carbons (Fsp3) is 0.368. The third-order valence-corrected chi connectivity index (χ3v) is 4.66. The zero-order valence-electron chi connectivity index (χ0n) is 15.0. The molecule has 1 saturated carbocycles. The number of furan rings is 1. The highest BCUT2D eigenvalue weighted by Crippen LogP contribution is 2.32. The van der Waals surface area contributed by atoms with Gasteiger partial charge in [0, 0.05) is 6.04 Å². The van der Waals surface area contributed by atoms with Crippen LogP contribution in [-0.2, 0) is 9.53 Å². The molecule has 0 aliphatic heterocycles. The van der Waals surface area contributed by atoms with E-state index in [-0.39, 0.29) is 29.8 Å². The molecule has 3 heterocycles. The molecule has 4 rings (SSSR count). The molecule has 8 heteroatoms. The number of rotatable bonds is 6. The van der Waals surface area contributed by atoms with E-state index >= 15 is 0 Å². The minimum atomic E-state index is -0.643. The summed E-state index contributed by atoms with van der Waals surface area (Å²) in [5.41, 5.74) is 1.37. The van der Waals surface area contributed by atoms with Gasteiger partial charge in [0.15, 0.2) is 12.4 Å². The number of hydrogen-bond donors (Lipinski definition) is 1. The molecule has 1 atom stereocenters. The second-order valence-electron chi connectivity index (χ2n) is 6.75. The molecule has 1 fully saturated rings. The summed E-state index contributed by atoms with van der Waals surface area (Å²) in [7, 11) is 0. The molecule has 0 aromatic carbocycles. The third-order valence-electron chi connectivity index (χ3n) is 4.66. The van der Waals surface area contributed by atoms with Gasteiger partial charge in [-0.2, -0.15) is 0 Å². The number of carbonyl (C=O) groups excluding carboxylic acids is 2. The number of nitrogens with one attached hydrogen (secondary N) is 1. The van der Waals surface area contributed by atoms with Crippen LogP contribution < -0.4 is 5.32 Å². The van der Waals surface area contributed by atoms with Gasteiger partial charge in [-0.1, -0.05) is 5.16 Å². The molecule has 1 amide bonds. The van der Waals surface area contributed by atoms with E-state index in [0.29, 0.717) is 28.5 Å². The van der Waals surface area contributed by atoms with Gasteiger partial charge >= 0.3 is 5.97 Å². The lowest BCUT2D eigenvalue weighted by Gasteiger charge is -2.13. The zero-order chi connectivity index (χ0) is 19.0. The predicted octanol–water partition coefficient (Wildman–Crippen LogP) is 2.86. The zero-order valence-corrected chi connectivity index (χ0v) is 15.0. The Bertz CT molecular complexity index is 988.